The molecule has 0 aliphatic heterocycles. The number of ether oxygens (including phenoxy) is 1. The molecular formula is C12H28N2O. The van der Waals surface area contributed by atoms with E-state index in [1.54, 1.807) is 0 Å². The molecule has 0 rings (SSSR count). The first kappa shape index (κ1) is 14.9. The van der Waals surface area contributed by atoms with Crippen molar-refractivity contribution in [2.75, 3.05) is 32.8 Å². The van der Waals surface area contributed by atoms with Crippen LogP contribution in [0.15, 0.2) is 0 Å². The minimum atomic E-state index is 0.639. The van der Waals surface area contributed by atoms with E-state index in [0.29, 0.717) is 5.92 Å². The quantitative estimate of drug-likeness (QED) is 0.517. The Balaban J connectivity index is 2.92. The van der Waals surface area contributed by atoms with Crippen molar-refractivity contribution in [1.29, 1.82) is 0 Å². The topological polar surface area (TPSA) is 47.3 Å². The fourth-order valence-electron chi connectivity index (χ4n) is 1.35. The third kappa shape index (κ3) is 11.8. The maximum absolute atomic E-state index is 5.53. The fraction of sp³-hybridized carbons (Fsp3) is 1.00. The Labute approximate surface area is 94.8 Å². The molecule has 1 atom stereocenters. The smallest absolute Gasteiger partial charge is 0.0478 e. The molecule has 0 radical (unpaired) electrons. The number of hydrogen-bond acceptors (Lipinski definition) is 3. The molecule has 0 aromatic heterocycles. The Morgan fingerprint density at radius 3 is 2.60 bits per heavy atom. The first-order valence-electron chi connectivity index (χ1n) is 6.29. The third-order valence-electron chi connectivity index (χ3n) is 2.46. The highest BCUT2D eigenvalue weighted by Gasteiger charge is 1.97. The summed E-state index contributed by atoms with van der Waals surface area (Å²) in [5.74, 6) is 0.639. The van der Waals surface area contributed by atoms with E-state index in [4.69, 9.17) is 10.5 Å². The van der Waals surface area contributed by atoms with Gasteiger partial charge in [-0.15, -0.1) is 0 Å². The van der Waals surface area contributed by atoms with E-state index < -0.39 is 0 Å². The Hall–Kier alpha value is -0.120. The van der Waals surface area contributed by atoms with Gasteiger partial charge in [-0.25, -0.2) is 0 Å². The highest BCUT2D eigenvalue weighted by Crippen LogP contribution is 2.02. The highest BCUT2D eigenvalue weighted by atomic mass is 16.5. The van der Waals surface area contributed by atoms with E-state index in [2.05, 4.69) is 19.2 Å². The summed E-state index contributed by atoms with van der Waals surface area (Å²) in [7, 11) is 0. The highest BCUT2D eigenvalue weighted by molar-refractivity contribution is 4.52. The first-order valence-corrected chi connectivity index (χ1v) is 6.29. The summed E-state index contributed by atoms with van der Waals surface area (Å²) >= 11 is 0. The summed E-state index contributed by atoms with van der Waals surface area (Å²) in [6.45, 7) is 9.13. The van der Waals surface area contributed by atoms with Crippen molar-refractivity contribution in [2.24, 2.45) is 11.7 Å². The van der Waals surface area contributed by atoms with Crippen LogP contribution in [0.5, 0.6) is 0 Å². The number of rotatable bonds is 11. The lowest BCUT2D eigenvalue weighted by molar-refractivity contribution is 0.125. The standard InChI is InChI=1S/C12H28N2O/c1-3-7-14-8-5-10-15-9-4-6-12(2)11-13/h12,14H,3-11,13H2,1-2H3. The summed E-state index contributed by atoms with van der Waals surface area (Å²) in [5.41, 5.74) is 5.53. The molecular weight excluding hydrogens is 188 g/mol. The van der Waals surface area contributed by atoms with Crippen molar-refractivity contribution in [2.45, 2.75) is 39.5 Å². The number of nitrogens with one attached hydrogen (secondary N) is 1. The zero-order valence-electron chi connectivity index (χ0n) is 10.4. The van der Waals surface area contributed by atoms with Crippen LogP contribution in [0.25, 0.3) is 0 Å². The zero-order valence-corrected chi connectivity index (χ0v) is 10.4. The molecule has 0 amide bonds. The monoisotopic (exact) mass is 216 g/mol. The van der Waals surface area contributed by atoms with Gasteiger partial charge < -0.3 is 15.8 Å². The second-order valence-electron chi connectivity index (χ2n) is 4.20. The minimum absolute atomic E-state index is 0.639. The van der Waals surface area contributed by atoms with Crippen LogP contribution >= 0.6 is 0 Å². The van der Waals surface area contributed by atoms with E-state index in [9.17, 15) is 0 Å². The van der Waals surface area contributed by atoms with Gasteiger partial charge >= 0.3 is 0 Å². The predicted octanol–water partition coefficient (Wildman–Crippen LogP) is 1.77. The van der Waals surface area contributed by atoms with Gasteiger partial charge in [-0.1, -0.05) is 13.8 Å². The lowest BCUT2D eigenvalue weighted by atomic mass is 10.1. The molecule has 3 N–H and O–H groups in total. The lowest BCUT2D eigenvalue weighted by Crippen LogP contribution is -2.17. The van der Waals surface area contributed by atoms with E-state index in [1.807, 2.05) is 0 Å². The van der Waals surface area contributed by atoms with Crippen LogP contribution in [0.4, 0.5) is 0 Å². The Morgan fingerprint density at radius 1 is 1.20 bits per heavy atom. The second-order valence-corrected chi connectivity index (χ2v) is 4.20. The maximum Gasteiger partial charge on any atom is 0.0478 e. The van der Waals surface area contributed by atoms with Crippen LogP contribution < -0.4 is 11.1 Å². The van der Waals surface area contributed by atoms with Crippen molar-refractivity contribution >= 4 is 0 Å². The van der Waals surface area contributed by atoms with Gasteiger partial charge in [0, 0.05) is 13.2 Å². The Bertz CT molecular complexity index is 120. The van der Waals surface area contributed by atoms with Gasteiger partial charge in [0.15, 0.2) is 0 Å². The minimum Gasteiger partial charge on any atom is -0.381 e. The molecule has 0 aliphatic rings. The molecule has 1 unspecified atom stereocenters. The third-order valence-corrected chi connectivity index (χ3v) is 2.46. The Kier molecular flexibility index (Phi) is 11.9. The SMILES string of the molecule is CCCNCCCOCCCC(C)CN. The van der Waals surface area contributed by atoms with Crippen molar-refractivity contribution in [3.63, 3.8) is 0 Å². The summed E-state index contributed by atoms with van der Waals surface area (Å²) in [6.07, 6.45) is 4.65. The molecule has 0 heterocycles. The second kappa shape index (κ2) is 12.0. The van der Waals surface area contributed by atoms with Gasteiger partial charge in [0.25, 0.3) is 0 Å². The van der Waals surface area contributed by atoms with E-state index >= 15 is 0 Å². The summed E-state index contributed by atoms with van der Waals surface area (Å²) < 4.78 is 5.53. The molecule has 15 heavy (non-hydrogen) atoms. The molecule has 0 aromatic carbocycles. The average Bonchev–Trinajstić information content (AvgIpc) is 2.26. The predicted molar refractivity (Wildman–Crippen MR) is 66.0 cm³/mol. The van der Waals surface area contributed by atoms with Crippen molar-refractivity contribution in [1.82, 2.24) is 5.32 Å². The van der Waals surface area contributed by atoms with Gasteiger partial charge in [0.2, 0.25) is 0 Å². The zero-order chi connectivity index (χ0) is 11.4. The van der Waals surface area contributed by atoms with Gasteiger partial charge in [-0.05, 0) is 51.2 Å². The van der Waals surface area contributed by atoms with Gasteiger partial charge in [0.1, 0.15) is 0 Å². The lowest BCUT2D eigenvalue weighted by Gasteiger charge is -2.08. The van der Waals surface area contributed by atoms with E-state index in [-0.39, 0.29) is 0 Å². The molecule has 0 spiro atoms. The van der Waals surface area contributed by atoms with E-state index in [1.165, 1.54) is 12.8 Å². The molecule has 0 saturated heterocycles. The van der Waals surface area contributed by atoms with Gasteiger partial charge in [-0.3, -0.25) is 0 Å². The van der Waals surface area contributed by atoms with Crippen LogP contribution in [0.1, 0.15) is 39.5 Å². The molecule has 0 fully saturated rings. The molecule has 3 nitrogen and oxygen atoms in total. The molecule has 0 bridgehead atoms. The fourth-order valence-corrected chi connectivity index (χ4v) is 1.35. The van der Waals surface area contributed by atoms with Crippen LogP contribution in [0.2, 0.25) is 0 Å². The largest absolute Gasteiger partial charge is 0.381 e. The molecule has 92 valence electrons. The van der Waals surface area contributed by atoms with Crippen molar-refractivity contribution in [3.05, 3.63) is 0 Å². The van der Waals surface area contributed by atoms with Crippen LogP contribution in [0.3, 0.4) is 0 Å². The van der Waals surface area contributed by atoms with Crippen molar-refractivity contribution < 1.29 is 4.74 Å². The molecule has 3 heteroatoms. The van der Waals surface area contributed by atoms with Crippen molar-refractivity contribution in [3.8, 4) is 0 Å². The van der Waals surface area contributed by atoms with Gasteiger partial charge in [0.05, 0.1) is 0 Å². The summed E-state index contributed by atoms with van der Waals surface area (Å²) in [5, 5.41) is 3.36. The summed E-state index contributed by atoms with van der Waals surface area (Å²) in [4.78, 5) is 0. The number of nitrogens with two attached hydrogens (primary N) is 1. The van der Waals surface area contributed by atoms with Gasteiger partial charge in [-0.2, -0.15) is 0 Å². The van der Waals surface area contributed by atoms with Crippen LogP contribution in [0, 0.1) is 5.92 Å². The first-order chi connectivity index (χ1) is 7.31. The van der Waals surface area contributed by atoms with E-state index in [0.717, 1.165) is 45.7 Å². The molecule has 0 aliphatic carbocycles. The normalized spacial score (nSPS) is 13.0. The van der Waals surface area contributed by atoms with Crippen LogP contribution in [-0.4, -0.2) is 32.8 Å². The molecule has 0 aromatic rings. The maximum atomic E-state index is 5.53. The summed E-state index contributed by atoms with van der Waals surface area (Å²) in [6, 6.07) is 0. The Morgan fingerprint density at radius 2 is 1.93 bits per heavy atom. The number of hydrogen-bond donors (Lipinski definition) is 2. The average molecular weight is 216 g/mol. The molecule has 0 saturated carbocycles. The van der Waals surface area contributed by atoms with Crippen LogP contribution in [-0.2, 0) is 4.74 Å².